The van der Waals surface area contributed by atoms with Gasteiger partial charge in [0.1, 0.15) is 0 Å². The third-order valence-corrected chi connectivity index (χ3v) is 4.83. The summed E-state index contributed by atoms with van der Waals surface area (Å²) in [7, 11) is 0. The summed E-state index contributed by atoms with van der Waals surface area (Å²) in [6.45, 7) is 0.229. The van der Waals surface area contributed by atoms with Gasteiger partial charge in [-0.2, -0.15) is 13.2 Å². The average molecular weight is 347 g/mol. The molecule has 2 aromatic rings. The van der Waals surface area contributed by atoms with Crippen molar-refractivity contribution in [1.82, 2.24) is 4.90 Å². The van der Waals surface area contributed by atoms with Gasteiger partial charge < -0.3 is 4.90 Å². The summed E-state index contributed by atoms with van der Waals surface area (Å²) >= 11 is 0. The average Bonchev–Trinajstić information content (AvgIpc) is 2.85. The van der Waals surface area contributed by atoms with Gasteiger partial charge in [0.15, 0.2) is 0 Å². The first kappa shape index (κ1) is 17.5. The normalized spacial score (nSPS) is 21.6. The van der Waals surface area contributed by atoms with Crippen molar-refractivity contribution < 1.29 is 18.0 Å². The van der Waals surface area contributed by atoms with Crippen LogP contribution in [0.15, 0.2) is 60.7 Å². The first-order chi connectivity index (χ1) is 11.9. The van der Waals surface area contributed by atoms with Gasteiger partial charge in [-0.1, -0.05) is 60.7 Å². The maximum Gasteiger partial charge on any atom is 0.471 e. The van der Waals surface area contributed by atoms with E-state index >= 15 is 0 Å². The molecule has 0 aliphatic carbocycles. The Hall–Kier alpha value is -2.30. The molecule has 0 aromatic heterocycles. The van der Waals surface area contributed by atoms with E-state index < -0.39 is 12.1 Å². The number of hydrogen-bond donors (Lipinski definition) is 0. The summed E-state index contributed by atoms with van der Waals surface area (Å²) in [6, 6.07) is 19.3. The highest BCUT2D eigenvalue weighted by Gasteiger charge is 2.44. The van der Waals surface area contributed by atoms with Crippen LogP contribution in [0.3, 0.4) is 0 Å². The van der Waals surface area contributed by atoms with Crippen LogP contribution >= 0.6 is 0 Å². The molecule has 2 aromatic carbocycles. The molecule has 0 radical (unpaired) electrons. The Balaban J connectivity index is 1.89. The molecule has 1 aliphatic heterocycles. The zero-order chi connectivity index (χ0) is 17.9. The second kappa shape index (κ2) is 7.30. The molecule has 0 unspecified atom stereocenters. The molecule has 5 heteroatoms. The van der Waals surface area contributed by atoms with Crippen LogP contribution in [0.2, 0.25) is 0 Å². The van der Waals surface area contributed by atoms with E-state index in [1.807, 2.05) is 60.7 Å². The van der Waals surface area contributed by atoms with Gasteiger partial charge in [-0.15, -0.1) is 0 Å². The zero-order valence-electron chi connectivity index (χ0n) is 13.7. The van der Waals surface area contributed by atoms with E-state index in [2.05, 4.69) is 0 Å². The molecule has 1 heterocycles. The van der Waals surface area contributed by atoms with E-state index in [1.165, 1.54) is 0 Å². The molecular formula is C20H20F3NO. The van der Waals surface area contributed by atoms with Crippen LogP contribution < -0.4 is 0 Å². The minimum Gasteiger partial charge on any atom is -0.334 e. The number of carbonyl (C=O) groups is 1. The minimum atomic E-state index is -4.83. The van der Waals surface area contributed by atoms with Crippen LogP contribution in [0.25, 0.3) is 0 Å². The predicted molar refractivity (Wildman–Crippen MR) is 90.2 cm³/mol. The van der Waals surface area contributed by atoms with Crippen LogP contribution in [0.4, 0.5) is 13.2 Å². The summed E-state index contributed by atoms with van der Waals surface area (Å²) in [6.07, 6.45) is -3.56. The van der Waals surface area contributed by atoms with Crippen molar-refractivity contribution in [3.05, 3.63) is 71.8 Å². The largest absolute Gasteiger partial charge is 0.471 e. The molecule has 132 valence electrons. The molecular weight excluding hydrogens is 327 g/mol. The highest BCUT2D eigenvalue weighted by atomic mass is 19.4. The topological polar surface area (TPSA) is 20.3 Å². The number of amides is 1. The predicted octanol–water partition coefficient (Wildman–Crippen LogP) is 4.74. The number of nitrogens with zero attached hydrogens (tertiary/aromatic N) is 1. The number of benzene rings is 2. The first-order valence-corrected chi connectivity index (χ1v) is 8.41. The molecule has 1 saturated heterocycles. The van der Waals surface area contributed by atoms with Crippen molar-refractivity contribution in [3.63, 3.8) is 0 Å². The number of hydrogen-bond acceptors (Lipinski definition) is 1. The molecule has 2 nitrogen and oxygen atoms in total. The third-order valence-electron chi connectivity index (χ3n) is 4.83. The number of rotatable bonds is 2. The van der Waals surface area contributed by atoms with Crippen LogP contribution in [-0.4, -0.2) is 30.1 Å². The number of carbonyl (C=O) groups excluding carboxylic acids is 1. The van der Waals surface area contributed by atoms with Crippen molar-refractivity contribution in [1.29, 1.82) is 0 Å². The van der Waals surface area contributed by atoms with E-state index in [1.54, 1.807) is 0 Å². The van der Waals surface area contributed by atoms with Crippen molar-refractivity contribution in [2.75, 3.05) is 13.1 Å². The van der Waals surface area contributed by atoms with Gasteiger partial charge in [-0.25, -0.2) is 0 Å². The zero-order valence-corrected chi connectivity index (χ0v) is 13.7. The molecule has 2 atom stereocenters. The van der Waals surface area contributed by atoms with Crippen molar-refractivity contribution in [2.24, 2.45) is 0 Å². The quantitative estimate of drug-likeness (QED) is 0.768. The monoisotopic (exact) mass is 347 g/mol. The molecule has 0 spiro atoms. The summed E-state index contributed by atoms with van der Waals surface area (Å²) in [4.78, 5) is 12.8. The molecule has 1 aliphatic rings. The Kier molecular flexibility index (Phi) is 5.11. The van der Waals surface area contributed by atoms with Crippen LogP contribution in [0.1, 0.15) is 35.8 Å². The fraction of sp³-hybridized carbons (Fsp3) is 0.350. The molecule has 25 heavy (non-hydrogen) atoms. The summed E-state index contributed by atoms with van der Waals surface area (Å²) in [5, 5.41) is 0. The van der Waals surface area contributed by atoms with Crippen molar-refractivity contribution >= 4 is 5.91 Å². The molecule has 3 rings (SSSR count). The van der Waals surface area contributed by atoms with Gasteiger partial charge in [0, 0.05) is 19.0 Å². The summed E-state index contributed by atoms with van der Waals surface area (Å²) in [5.41, 5.74) is 2.09. The fourth-order valence-electron chi connectivity index (χ4n) is 3.56. The molecule has 0 bridgehead atoms. The Labute approximate surface area is 145 Å². The molecule has 0 saturated carbocycles. The van der Waals surface area contributed by atoms with Gasteiger partial charge in [-0.05, 0) is 29.9 Å². The minimum absolute atomic E-state index is 0.103. The molecule has 1 amide bonds. The van der Waals surface area contributed by atoms with Gasteiger partial charge in [0.2, 0.25) is 0 Å². The second-order valence-electron chi connectivity index (χ2n) is 6.49. The van der Waals surface area contributed by atoms with E-state index in [0.717, 1.165) is 22.4 Å². The number of halogens is 3. The van der Waals surface area contributed by atoms with Crippen LogP contribution in [0, 0.1) is 0 Å². The molecule has 1 fully saturated rings. The lowest BCUT2D eigenvalue weighted by atomic mass is 9.84. The van der Waals surface area contributed by atoms with Gasteiger partial charge in [0.25, 0.3) is 0 Å². The van der Waals surface area contributed by atoms with E-state index in [0.29, 0.717) is 6.42 Å². The smallest absolute Gasteiger partial charge is 0.334 e. The van der Waals surface area contributed by atoms with Gasteiger partial charge in [-0.3, -0.25) is 4.79 Å². The van der Waals surface area contributed by atoms with E-state index in [9.17, 15) is 18.0 Å². The van der Waals surface area contributed by atoms with Crippen LogP contribution in [0.5, 0.6) is 0 Å². The first-order valence-electron chi connectivity index (χ1n) is 8.41. The van der Waals surface area contributed by atoms with Gasteiger partial charge >= 0.3 is 12.1 Å². The molecule has 0 N–H and O–H groups in total. The highest BCUT2D eigenvalue weighted by Crippen LogP contribution is 2.36. The highest BCUT2D eigenvalue weighted by molar-refractivity contribution is 5.82. The van der Waals surface area contributed by atoms with Gasteiger partial charge in [0.05, 0.1) is 0 Å². The summed E-state index contributed by atoms with van der Waals surface area (Å²) < 4.78 is 38.8. The van der Waals surface area contributed by atoms with Crippen molar-refractivity contribution in [3.8, 4) is 0 Å². The fourth-order valence-corrected chi connectivity index (χ4v) is 3.56. The van der Waals surface area contributed by atoms with E-state index in [4.69, 9.17) is 0 Å². The lowest BCUT2D eigenvalue weighted by Gasteiger charge is -2.25. The van der Waals surface area contributed by atoms with Crippen LogP contribution in [-0.2, 0) is 4.79 Å². The Bertz CT molecular complexity index is 700. The Morgan fingerprint density at radius 3 is 1.92 bits per heavy atom. The number of alkyl halides is 3. The number of likely N-dealkylation sites (tertiary alicyclic amines) is 1. The Morgan fingerprint density at radius 2 is 1.40 bits per heavy atom. The third kappa shape index (κ3) is 4.21. The van der Waals surface area contributed by atoms with E-state index in [-0.39, 0.29) is 24.9 Å². The lowest BCUT2D eigenvalue weighted by molar-refractivity contribution is -0.185. The SMILES string of the molecule is O=C(N1CC[C@@H](c2ccccc2)C[C@@H](c2ccccc2)C1)C(F)(F)F. The lowest BCUT2D eigenvalue weighted by Crippen LogP contribution is -2.42. The standard InChI is InChI=1S/C20H20F3NO/c21-20(22,23)19(25)24-12-11-17(15-7-3-1-4-8-15)13-18(14-24)16-9-5-2-6-10-16/h1-10,17-18H,11-14H2/t17-,18-/m1/s1. The maximum atomic E-state index is 12.9. The van der Waals surface area contributed by atoms with Crippen molar-refractivity contribution in [2.45, 2.75) is 30.9 Å². The maximum absolute atomic E-state index is 12.9. The Morgan fingerprint density at radius 1 is 0.880 bits per heavy atom. The summed E-state index contributed by atoms with van der Waals surface area (Å²) in [5.74, 6) is -1.71. The second-order valence-corrected chi connectivity index (χ2v) is 6.49.